The molecular formula is C20H18ClN3O. The quantitative estimate of drug-likeness (QED) is 0.703. The molecular weight excluding hydrogens is 334 g/mol. The van der Waals surface area contributed by atoms with Crippen molar-refractivity contribution in [3.8, 4) is 0 Å². The lowest BCUT2D eigenvalue weighted by atomic mass is 10.1. The highest BCUT2D eigenvalue weighted by atomic mass is 35.5. The molecule has 3 aromatic rings. The van der Waals surface area contributed by atoms with Gasteiger partial charge in [-0.15, -0.1) is 0 Å². The van der Waals surface area contributed by atoms with Crippen LogP contribution in [0.15, 0.2) is 60.7 Å². The molecule has 1 aliphatic rings. The third kappa shape index (κ3) is 3.30. The van der Waals surface area contributed by atoms with E-state index >= 15 is 0 Å². The smallest absolute Gasteiger partial charge is 0.253 e. The first kappa shape index (κ1) is 15.9. The van der Waals surface area contributed by atoms with Crippen molar-refractivity contribution in [3.05, 3.63) is 71.2 Å². The molecule has 0 aliphatic carbocycles. The van der Waals surface area contributed by atoms with E-state index in [1.165, 1.54) is 0 Å². The summed E-state index contributed by atoms with van der Waals surface area (Å²) >= 11 is 5.89. The van der Waals surface area contributed by atoms with Gasteiger partial charge in [0.15, 0.2) is 0 Å². The molecule has 4 nitrogen and oxygen atoms in total. The Bertz CT molecular complexity index is 902. The number of pyridine rings is 1. The Morgan fingerprint density at radius 3 is 2.36 bits per heavy atom. The van der Waals surface area contributed by atoms with Crippen molar-refractivity contribution in [3.63, 3.8) is 0 Å². The molecule has 0 N–H and O–H groups in total. The Hall–Kier alpha value is -2.59. The van der Waals surface area contributed by atoms with E-state index in [-0.39, 0.29) is 5.91 Å². The average Bonchev–Trinajstić information content (AvgIpc) is 2.68. The van der Waals surface area contributed by atoms with Crippen LogP contribution in [0.3, 0.4) is 0 Å². The maximum absolute atomic E-state index is 12.6. The van der Waals surface area contributed by atoms with E-state index in [4.69, 9.17) is 16.6 Å². The van der Waals surface area contributed by atoms with Crippen LogP contribution in [0.1, 0.15) is 10.4 Å². The minimum Gasteiger partial charge on any atom is -0.353 e. The van der Waals surface area contributed by atoms with Gasteiger partial charge in [-0.3, -0.25) is 4.79 Å². The van der Waals surface area contributed by atoms with Gasteiger partial charge in [0.1, 0.15) is 5.82 Å². The van der Waals surface area contributed by atoms with Crippen molar-refractivity contribution < 1.29 is 4.79 Å². The van der Waals surface area contributed by atoms with Crippen molar-refractivity contribution in [2.24, 2.45) is 0 Å². The number of benzene rings is 2. The van der Waals surface area contributed by atoms with E-state index in [1.54, 1.807) is 24.3 Å². The van der Waals surface area contributed by atoms with Gasteiger partial charge in [0.25, 0.3) is 5.91 Å². The normalized spacial score (nSPS) is 14.8. The second-order valence-corrected chi connectivity index (χ2v) is 6.58. The standard InChI is InChI=1S/C20H18ClN3O/c21-17-8-5-16(6-9-17)20(25)24-13-11-23(12-14-24)19-10-7-15-3-1-2-4-18(15)22-19/h1-10H,11-14H2. The predicted octanol–water partition coefficient (Wildman–Crippen LogP) is 3.85. The molecule has 1 saturated heterocycles. The zero-order chi connectivity index (χ0) is 17.2. The van der Waals surface area contributed by atoms with E-state index in [9.17, 15) is 4.79 Å². The summed E-state index contributed by atoms with van der Waals surface area (Å²) in [5.74, 6) is 1.03. The monoisotopic (exact) mass is 351 g/mol. The van der Waals surface area contributed by atoms with Gasteiger partial charge in [-0.2, -0.15) is 0 Å². The van der Waals surface area contributed by atoms with E-state index in [0.29, 0.717) is 23.7 Å². The number of hydrogen-bond donors (Lipinski definition) is 0. The van der Waals surface area contributed by atoms with Crippen molar-refractivity contribution in [1.82, 2.24) is 9.88 Å². The minimum atomic E-state index is 0.0581. The number of halogens is 1. The molecule has 0 unspecified atom stereocenters. The van der Waals surface area contributed by atoms with Crippen LogP contribution in [0.25, 0.3) is 10.9 Å². The molecule has 1 fully saturated rings. The van der Waals surface area contributed by atoms with Crippen molar-refractivity contribution in [1.29, 1.82) is 0 Å². The molecule has 5 heteroatoms. The van der Waals surface area contributed by atoms with Gasteiger partial charge >= 0.3 is 0 Å². The highest BCUT2D eigenvalue weighted by Crippen LogP contribution is 2.20. The van der Waals surface area contributed by atoms with Gasteiger partial charge in [-0.1, -0.05) is 29.8 Å². The average molecular weight is 352 g/mol. The summed E-state index contributed by atoms with van der Waals surface area (Å²) in [4.78, 5) is 21.4. The fraction of sp³-hybridized carbons (Fsp3) is 0.200. The van der Waals surface area contributed by atoms with Crippen LogP contribution >= 0.6 is 11.6 Å². The molecule has 4 rings (SSSR count). The second kappa shape index (κ2) is 6.73. The fourth-order valence-electron chi connectivity index (χ4n) is 3.15. The minimum absolute atomic E-state index is 0.0581. The molecule has 0 bridgehead atoms. The van der Waals surface area contributed by atoms with Crippen molar-refractivity contribution in [2.75, 3.05) is 31.1 Å². The molecule has 1 aromatic heterocycles. The third-order valence-electron chi connectivity index (χ3n) is 4.57. The molecule has 1 aliphatic heterocycles. The summed E-state index contributed by atoms with van der Waals surface area (Å²) in [6.45, 7) is 2.95. The van der Waals surface area contributed by atoms with Crippen LogP contribution < -0.4 is 4.90 Å². The van der Waals surface area contributed by atoms with Gasteiger partial charge in [0.2, 0.25) is 0 Å². The van der Waals surface area contributed by atoms with Gasteiger partial charge in [-0.05, 0) is 42.5 Å². The van der Waals surface area contributed by atoms with Crippen molar-refractivity contribution >= 4 is 34.2 Å². The maximum atomic E-state index is 12.6. The van der Waals surface area contributed by atoms with Crippen LogP contribution in [0, 0.1) is 0 Å². The van der Waals surface area contributed by atoms with E-state index in [1.807, 2.05) is 23.1 Å². The van der Waals surface area contributed by atoms with Crippen molar-refractivity contribution in [2.45, 2.75) is 0 Å². The number of hydrogen-bond acceptors (Lipinski definition) is 3. The summed E-state index contributed by atoms with van der Waals surface area (Å²) in [6, 6.07) is 19.3. The summed E-state index contributed by atoms with van der Waals surface area (Å²) in [5.41, 5.74) is 1.68. The SMILES string of the molecule is O=C(c1ccc(Cl)cc1)N1CCN(c2ccc3ccccc3n2)CC1. The first-order chi connectivity index (χ1) is 12.2. The van der Waals surface area contributed by atoms with Crippen LogP contribution in [-0.4, -0.2) is 42.0 Å². The summed E-state index contributed by atoms with van der Waals surface area (Å²) in [5, 5.41) is 1.78. The molecule has 2 heterocycles. The number of nitrogens with zero attached hydrogens (tertiary/aromatic N) is 3. The maximum Gasteiger partial charge on any atom is 0.253 e. The fourth-order valence-corrected chi connectivity index (χ4v) is 3.27. The Morgan fingerprint density at radius 1 is 0.880 bits per heavy atom. The number of anilines is 1. The van der Waals surface area contributed by atoms with E-state index in [2.05, 4.69) is 23.1 Å². The molecule has 0 atom stereocenters. The second-order valence-electron chi connectivity index (χ2n) is 6.15. The summed E-state index contributed by atoms with van der Waals surface area (Å²) in [6.07, 6.45) is 0. The molecule has 0 radical (unpaired) electrons. The number of carbonyl (C=O) groups is 1. The van der Waals surface area contributed by atoms with Crippen LogP contribution in [0.5, 0.6) is 0 Å². The number of piperazine rings is 1. The lowest BCUT2D eigenvalue weighted by Crippen LogP contribution is -2.49. The zero-order valence-corrected chi connectivity index (χ0v) is 14.5. The molecule has 0 spiro atoms. The lowest BCUT2D eigenvalue weighted by molar-refractivity contribution is 0.0746. The van der Waals surface area contributed by atoms with Crippen LogP contribution in [-0.2, 0) is 0 Å². The molecule has 0 saturated carbocycles. The van der Waals surface area contributed by atoms with Crippen LogP contribution in [0.4, 0.5) is 5.82 Å². The highest BCUT2D eigenvalue weighted by molar-refractivity contribution is 6.30. The number of fused-ring (bicyclic) bond motifs is 1. The van der Waals surface area contributed by atoms with E-state index < -0.39 is 0 Å². The molecule has 25 heavy (non-hydrogen) atoms. The first-order valence-electron chi connectivity index (χ1n) is 8.36. The van der Waals surface area contributed by atoms with Gasteiger partial charge < -0.3 is 9.80 Å². The number of amides is 1. The highest BCUT2D eigenvalue weighted by Gasteiger charge is 2.22. The van der Waals surface area contributed by atoms with Gasteiger partial charge in [0.05, 0.1) is 5.52 Å². The van der Waals surface area contributed by atoms with Crippen LogP contribution in [0.2, 0.25) is 5.02 Å². The Morgan fingerprint density at radius 2 is 1.60 bits per heavy atom. The molecule has 2 aromatic carbocycles. The summed E-state index contributed by atoms with van der Waals surface area (Å²) < 4.78 is 0. The summed E-state index contributed by atoms with van der Waals surface area (Å²) in [7, 11) is 0. The Balaban J connectivity index is 1.45. The lowest BCUT2D eigenvalue weighted by Gasteiger charge is -2.35. The van der Waals surface area contributed by atoms with Gasteiger partial charge in [-0.25, -0.2) is 4.98 Å². The molecule has 126 valence electrons. The number of rotatable bonds is 2. The molecule has 1 amide bonds. The topological polar surface area (TPSA) is 36.4 Å². The number of para-hydroxylation sites is 1. The first-order valence-corrected chi connectivity index (χ1v) is 8.74. The van der Waals surface area contributed by atoms with E-state index in [0.717, 1.165) is 29.8 Å². The predicted molar refractivity (Wildman–Crippen MR) is 101 cm³/mol. The Kier molecular flexibility index (Phi) is 4.28. The van der Waals surface area contributed by atoms with Gasteiger partial charge in [0, 0.05) is 42.2 Å². The zero-order valence-electron chi connectivity index (χ0n) is 13.7. The number of carbonyl (C=O) groups excluding carboxylic acids is 1. The largest absolute Gasteiger partial charge is 0.353 e. The third-order valence-corrected chi connectivity index (χ3v) is 4.82. The Labute approximate surface area is 151 Å². The number of aromatic nitrogens is 1.